The second-order valence-corrected chi connectivity index (χ2v) is 6.15. The Hall–Kier alpha value is -1.44. The molecule has 0 aliphatic heterocycles. The molecule has 1 heterocycles. The summed E-state index contributed by atoms with van der Waals surface area (Å²) in [6, 6.07) is 5.35. The highest BCUT2D eigenvalue weighted by Gasteiger charge is 2.18. The number of anilines is 1. The first kappa shape index (κ1) is 15.0. The van der Waals surface area contributed by atoms with Gasteiger partial charge in [0.1, 0.15) is 5.69 Å². The van der Waals surface area contributed by atoms with Crippen molar-refractivity contribution in [2.24, 2.45) is 0 Å². The Morgan fingerprint density at radius 3 is 2.35 bits per heavy atom. The molecule has 0 unspecified atom stereocenters. The zero-order valence-corrected chi connectivity index (χ0v) is 11.9. The number of hydrogen-bond acceptors (Lipinski definition) is 3. The predicted molar refractivity (Wildman–Crippen MR) is 71.4 cm³/mol. The Bertz CT molecular complexity index is 769. The summed E-state index contributed by atoms with van der Waals surface area (Å²) in [7, 11) is -4.08. The van der Waals surface area contributed by atoms with Crippen molar-refractivity contribution in [3.05, 3.63) is 52.3 Å². The van der Waals surface area contributed by atoms with Crippen LogP contribution in [0, 0.1) is 11.9 Å². The summed E-state index contributed by atoms with van der Waals surface area (Å²) in [5.41, 5.74) is -0.475. The van der Waals surface area contributed by atoms with E-state index in [1.807, 2.05) is 4.72 Å². The smallest absolute Gasteiger partial charge is 0.262 e. The van der Waals surface area contributed by atoms with E-state index in [-0.39, 0.29) is 14.9 Å². The monoisotopic (exact) mass is 338 g/mol. The van der Waals surface area contributed by atoms with Crippen LogP contribution in [0.3, 0.4) is 0 Å². The largest absolute Gasteiger partial charge is 0.275 e. The average molecular weight is 339 g/mol. The minimum Gasteiger partial charge on any atom is -0.275 e. The van der Waals surface area contributed by atoms with Gasteiger partial charge in [0.05, 0.1) is 14.9 Å². The highest BCUT2D eigenvalue weighted by atomic mass is 35.5. The van der Waals surface area contributed by atoms with Crippen molar-refractivity contribution < 1.29 is 17.2 Å². The summed E-state index contributed by atoms with van der Waals surface area (Å²) in [6.07, 6.45) is 0. The first-order chi connectivity index (χ1) is 9.29. The summed E-state index contributed by atoms with van der Waals surface area (Å²) in [5, 5.41) is 0.215. The Morgan fingerprint density at radius 1 is 1.05 bits per heavy atom. The van der Waals surface area contributed by atoms with Gasteiger partial charge < -0.3 is 0 Å². The average Bonchev–Trinajstić information content (AvgIpc) is 2.36. The third-order valence-corrected chi connectivity index (χ3v) is 4.36. The van der Waals surface area contributed by atoms with Gasteiger partial charge in [-0.25, -0.2) is 8.42 Å². The number of sulfonamides is 1. The SMILES string of the molecule is O=S(=O)(Nc1ccc(F)nc1F)c1ccc(Cl)c(Cl)c1. The van der Waals surface area contributed by atoms with Crippen LogP contribution in [-0.2, 0) is 10.0 Å². The van der Waals surface area contributed by atoms with E-state index in [0.29, 0.717) is 0 Å². The second kappa shape index (κ2) is 5.51. The van der Waals surface area contributed by atoms with E-state index in [1.165, 1.54) is 12.1 Å². The molecule has 0 radical (unpaired) electrons. The molecular weight excluding hydrogens is 333 g/mol. The van der Waals surface area contributed by atoms with Crippen LogP contribution in [0.2, 0.25) is 10.0 Å². The maximum absolute atomic E-state index is 13.3. The normalized spacial score (nSPS) is 11.4. The van der Waals surface area contributed by atoms with E-state index in [0.717, 1.165) is 18.2 Å². The van der Waals surface area contributed by atoms with Gasteiger partial charge in [-0.1, -0.05) is 23.2 Å². The van der Waals surface area contributed by atoms with Gasteiger partial charge in [0.15, 0.2) is 0 Å². The Morgan fingerprint density at radius 2 is 1.75 bits per heavy atom. The maximum Gasteiger partial charge on any atom is 0.262 e. The number of rotatable bonds is 3. The first-order valence-electron chi connectivity index (χ1n) is 5.09. The van der Waals surface area contributed by atoms with Gasteiger partial charge in [0.2, 0.25) is 11.9 Å². The standard InChI is InChI=1S/C11H6Cl2F2N2O2S/c12-7-2-1-6(5-8(7)13)20(18,19)17-9-3-4-10(14)16-11(9)15/h1-5,17H. The summed E-state index contributed by atoms with van der Waals surface area (Å²) in [6.45, 7) is 0. The molecule has 0 aliphatic rings. The van der Waals surface area contributed by atoms with E-state index >= 15 is 0 Å². The molecule has 0 fully saturated rings. The van der Waals surface area contributed by atoms with Gasteiger partial charge in [-0.2, -0.15) is 13.8 Å². The van der Waals surface area contributed by atoms with Gasteiger partial charge >= 0.3 is 0 Å². The molecule has 0 saturated carbocycles. The van der Waals surface area contributed by atoms with Crippen LogP contribution in [0.15, 0.2) is 35.2 Å². The van der Waals surface area contributed by atoms with Crippen molar-refractivity contribution in [3.8, 4) is 0 Å². The lowest BCUT2D eigenvalue weighted by molar-refractivity contribution is 0.515. The molecule has 1 N–H and O–H groups in total. The van der Waals surface area contributed by atoms with Crippen LogP contribution in [0.4, 0.5) is 14.5 Å². The zero-order chi connectivity index (χ0) is 14.9. The third kappa shape index (κ3) is 3.17. The second-order valence-electron chi connectivity index (χ2n) is 3.65. The van der Waals surface area contributed by atoms with Gasteiger partial charge in [0.25, 0.3) is 10.0 Å². The van der Waals surface area contributed by atoms with E-state index in [1.54, 1.807) is 0 Å². The number of aromatic nitrogens is 1. The fourth-order valence-electron chi connectivity index (χ4n) is 1.34. The number of benzene rings is 1. The topological polar surface area (TPSA) is 59.1 Å². The van der Waals surface area contributed by atoms with E-state index in [4.69, 9.17) is 23.2 Å². The molecule has 2 rings (SSSR count). The molecule has 0 amide bonds. The Labute approximate surface area is 123 Å². The first-order valence-corrected chi connectivity index (χ1v) is 7.33. The zero-order valence-electron chi connectivity index (χ0n) is 9.57. The number of hydrogen-bond donors (Lipinski definition) is 1. The molecule has 0 aliphatic carbocycles. The van der Waals surface area contributed by atoms with Gasteiger partial charge in [0, 0.05) is 0 Å². The highest BCUT2D eigenvalue weighted by molar-refractivity contribution is 7.92. The van der Waals surface area contributed by atoms with Crippen LogP contribution < -0.4 is 4.72 Å². The summed E-state index contributed by atoms with van der Waals surface area (Å²) in [5.74, 6) is -2.33. The maximum atomic E-state index is 13.3. The predicted octanol–water partition coefficient (Wildman–Crippen LogP) is 3.47. The molecule has 2 aromatic rings. The van der Waals surface area contributed by atoms with Crippen molar-refractivity contribution >= 4 is 38.9 Å². The molecule has 0 atom stereocenters. The molecule has 20 heavy (non-hydrogen) atoms. The molecule has 1 aromatic heterocycles. The lowest BCUT2D eigenvalue weighted by atomic mass is 10.4. The Balaban J connectivity index is 2.38. The molecule has 0 saturated heterocycles. The summed E-state index contributed by atoms with van der Waals surface area (Å²) >= 11 is 11.4. The van der Waals surface area contributed by atoms with Crippen LogP contribution in [0.1, 0.15) is 0 Å². The van der Waals surface area contributed by atoms with Crippen molar-refractivity contribution in [3.63, 3.8) is 0 Å². The van der Waals surface area contributed by atoms with Crippen molar-refractivity contribution in [2.45, 2.75) is 4.90 Å². The molecule has 9 heteroatoms. The number of halogens is 4. The molecule has 1 aromatic carbocycles. The van der Waals surface area contributed by atoms with E-state index < -0.39 is 27.6 Å². The minimum atomic E-state index is -4.08. The summed E-state index contributed by atoms with van der Waals surface area (Å²) < 4.78 is 51.9. The van der Waals surface area contributed by atoms with E-state index in [9.17, 15) is 17.2 Å². The van der Waals surface area contributed by atoms with Crippen molar-refractivity contribution in [2.75, 3.05) is 4.72 Å². The number of nitrogens with one attached hydrogen (secondary N) is 1. The molecule has 4 nitrogen and oxygen atoms in total. The van der Waals surface area contributed by atoms with Crippen LogP contribution >= 0.6 is 23.2 Å². The lowest BCUT2D eigenvalue weighted by Crippen LogP contribution is -2.14. The van der Waals surface area contributed by atoms with Gasteiger partial charge in [-0.05, 0) is 30.3 Å². The fraction of sp³-hybridized carbons (Fsp3) is 0. The van der Waals surface area contributed by atoms with Crippen molar-refractivity contribution in [1.82, 2.24) is 4.98 Å². The Kier molecular flexibility index (Phi) is 4.12. The number of pyridine rings is 1. The highest BCUT2D eigenvalue weighted by Crippen LogP contribution is 2.26. The van der Waals surface area contributed by atoms with Crippen LogP contribution in [0.5, 0.6) is 0 Å². The minimum absolute atomic E-state index is 0.0345. The lowest BCUT2D eigenvalue weighted by Gasteiger charge is -2.09. The van der Waals surface area contributed by atoms with Crippen LogP contribution in [0.25, 0.3) is 0 Å². The molecule has 0 spiro atoms. The number of nitrogens with zero attached hydrogens (tertiary/aromatic N) is 1. The van der Waals surface area contributed by atoms with Crippen molar-refractivity contribution in [1.29, 1.82) is 0 Å². The van der Waals surface area contributed by atoms with Gasteiger partial charge in [-0.15, -0.1) is 0 Å². The molecule has 106 valence electrons. The fourth-order valence-corrected chi connectivity index (χ4v) is 2.78. The van der Waals surface area contributed by atoms with Crippen LogP contribution in [-0.4, -0.2) is 13.4 Å². The third-order valence-electron chi connectivity index (χ3n) is 2.26. The van der Waals surface area contributed by atoms with Gasteiger partial charge in [-0.3, -0.25) is 4.72 Å². The molecular formula is C11H6Cl2F2N2O2S. The quantitative estimate of drug-likeness (QED) is 0.871. The summed E-state index contributed by atoms with van der Waals surface area (Å²) in [4.78, 5) is 2.66. The van der Waals surface area contributed by atoms with E-state index in [2.05, 4.69) is 4.98 Å². The molecule has 0 bridgehead atoms.